The van der Waals surface area contributed by atoms with E-state index in [9.17, 15) is 24.6 Å². The van der Waals surface area contributed by atoms with Crippen molar-refractivity contribution in [2.45, 2.75) is 26.4 Å². The van der Waals surface area contributed by atoms with E-state index in [2.05, 4.69) is 0 Å². The summed E-state index contributed by atoms with van der Waals surface area (Å²) in [7, 11) is 0. The summed E-state index contributed by atoms with van der Waals surface area (Å²) in [4.78, 5) is 39.2. The van der Waals surface area contributed by atoms with Crippen LogP contribution in [0, 0.1) is 0 Å². The highest BCUT2D eigenvalue weighted by molar-refractivity contribution is 6.46. The monoisotopic (exact) mass is 501 g/mol. The van der Waals surface area contributed by atoms with Crippen molar-refractivity contribution in [3.63, 3.8) is 0 Å². The number of ketones is 1. The molecule has 190 valence electrons. The number of aliphatic hydroxyl groups excluding tert-OH is 1. The minimum atomic E-state index is -1.06. The summed E-state index contributed by atoms with van der Waals surface area (Å²) in [5, 5.41) is 20.6. The first-order valence-corrected chi connectivity index (χ1v) is 11.9. The van der Waals surface area contributed by atoms with Crippen LogP contribution < -0.4 is 9.47 Å². The van der Waals surface area contributed by atoms with Crippen molar-refractivity contribution in [3.8, 4) is 11.5 Å². The molecule has 8 nitrogen and oxygen atoms in total. The zero-order valence-electron chi connectivity index (χ0n) is 20.5. The van der Waals surface area contributed by atoms with E-state index in [1.807, 2.05) is 13.0 Å². The second-order valence-electron chi connectivity index (χ2n) is 8.36. The fourth-order valence-electron chi connectivity index (χ4n) is 4.35. The number of hydrogen-bond acceptors (Lipinski definition) is 6. The number of rotatable bonds is 9. The summed E-state index contributed by atoms with van der Waals surface area (Å²) >= 11 is 0. The average molecular weight is 502 g/mol. The predicted molar refractivity (Wildman–Crippen MR) is 136 cm³/mol. The second-order valence-corrected chi connectivity index (χ2v) is 8.36. The first-order chi connectivity index (χ1) is 17.8. The van der Waals surface area contributed by atoms with Gasteiger partial charge in [-0.25, -0.2) is 4.79 Å². The lowest BCUT2D eigenvalue weighted by Gasteiger charge is -2.25. The number of likely N-dealkylation sites (tertiary alicyclic amines) is 1. The van der Waals surface area contributed by atoms with Gasteiger partial charge in [0.15, 0.2) is 0 Å². The van der Waals surface area contributed by atoms with Crippen LogP contribution in [0.2, 0.25) is 0 Å². The smallest absolute Gasteiger partial charge is 0.335 e. The summed E-state index contributed by atoms with van der Waals surface area (Å²) in [6, 6.07) is 19.1. The molecule has 0 saturated carbocycles. The van der Waals surface area contributed by atoms with E-state index in [0.717, 1.165) is 0 Å². The zero-order valence-corrected chi connectivity index (χ0v) is 20.5. The molecule has 0 radical (unpaired) electrons. The van der Waals surface area contributed by atoms with Crippen molar-refractivity contribution < 1.29 is 34.1 Å². The van der Waals surface area contributed by atoms with E-state index < -0.39 is 23.7 Å². The Kier molecular flexibility index (Phi) is 7.57. The van der Waals surface area contributed by atoms with Gasteiger partial charge in [0.1, 0.15) is 17.3 Å². The van der Waals surface area contributed by atoms with Crippen molar-refractivity contribution in [1.82, 2.24) is 4.90 Å². The summed E-state index contributed by atoms with van der Waals surface area (Å²) in [5.41, 5.74) is 1.63. The number of nitrogens with zero attached hydrogens (tertiary/aromatic N) is 1. The zero-order chi connectivity index (χ0) is 26.5. The third kappa shape index (κ3) is 5.18. The minimum Gasteiger partial charge on any atom is -0.507 e. The lowest BCUT2D eigenvalue weighted by molar-refractivity contribution is -0.140. The molecule has 0 spiro atoms. The van der Waals surface area contributed by atoms with Gasteiger partial charge >= 0.3 is 5.97 Å². The van der Waals surface area contributed by atoms with E-state index >= 15 is 0 Å². The Hall–Kier alpha value is -4.59. The number of carboxylic acid groups (broad SMARTS) is 1. The topological polar surface area (TPSA) is 113 Å². The van der Waals surface area contributed by atoms with Crippen molar-refractivity contribution in [2.24, 2.45) is 0 Å². The summed E-state index contributed by atoms with van der Waals surface area (Å²) < 4.78 is 11.3. The molecule has 3 aromatic carbocycles. The van der Waals surface area contributed by atoms with Crippen LogP contribution in [0.1, 0.15) is 46.9 Å². The van der Waals surface area contributed by atoms with Crippen molar-refractivity contribution in [2.75, 3.05) is 13.2 Å². The van der Waals surface area contributed by atoms with Crippen LogP contribution in [0.3, 0.4) is 0 Å². The van der Waals surface area contributed by atoms with Crippen LogP contribution in [0.25, 0.3) is 5.76 Å². The van der Waals surface area contributed by atoms with Crippen LogP contribution in [-0.4, -0.2) is 46.0 Å². The maximum Gasteiger partial charge on any atom is 0.335 e. The van der Waals surface area contributed by atoms with Gasteiger partial charge in [-0.15, -0.1) is 0 Å². The number of carboxylic acids is 1. The number of ether oxygens (including phenoxy) is 2. The molecule has 1 aliphatic rings. The summed E-state index contributed by atoms with van der Waals surface area (Å²) in [6.45, 7) is 4.46. The molecule has 3 aromatic rings. The number of benzene rings is 3. The molecule has 1 aliphatic heterocycles. The summed E-state index contributed by atoms with van der Waals surface area (Å²) in [5.74, 6) is -2.11. The molecule has 4 rings (SSSR count). The van der Waals surface area contributed by atoms with E-state index in [1.165, 1.54) is 17.0 Å². The average Bonchev–Trinajstić information content (AvgIpc) is 3.14. The lowest BCUT2D eigenvalue weighted by Crippen LogP contribution is -2.29. The molecule has 1 atom stereocenters. The first-order valence-electron chi connectivity index (χ1n) is 11.9. The molecular formula is C29H27NO7. The van der Waals surface area contributed by atoms with Crippen molar-refractivity contribution >= 4 is 23.4 Å². The highest BCUT2D eigenvalue weighted by Gasteiger charge is 2.46. The number of aromatic carboxylic acids is 1. The maximum atomic E-state index is 13.3. The number of aliphatic hydroxyl groups is 1. The van der Waals surface area contributed by atoms with Gasteiger partial charge < -0.3 is 24.6 Å². The van der Waals surface area contributed by atoms with Crippen LogP contribution in [-0.2, 0) is 16.1 Å². The number of carbonyl (C=O) groups is 3. The van der Waals surface area contributed by atoms with Gasteiger partial charge in [0, 0.05) is 12.6 Å². The molecule has 0 bridgehead atoms. The Morgan fingerprint density at radius 3 is 2.19 bits per heavy atom. The van der Waals surface area contributed by atoms with E-state index in [-0.39, 0.29) is 29.0 Å². The quantitative estimate of drug-likeness (QED) is 0.246. The van der Waals surface area contributed by atoms with Gasteiger partial charge in [0.2, 0.25) is 0 Å². The number of hydrogen-bond donors (Lipinski definition) is 2. The number of carbonyl (C=O) groups excluding carboxylic acids is 2. The standard InChI is InChI=1S/C29H27NO7/c1-3-36-21-14-15-22(23(16-21)37-4-2)26(31)24-25(19-8-6-5-7-9-19)30(28(33)27(24)32)17-18-10-12-20(13-11-18)29(34)35/h5-16,25,31H,3-4,17H2,1-2H3,(H,34,35)/b26-24-. The molecule has 1 saturated heterocycles. The molecule has 1 heterocycles. The van der Waals surface area contributed by atoms with Gasteiger partial charge in [0.05, 0.1) is 36.0 Å². The molecule has 2 N–H and O–H groups in total. The van der Waals surface area contributed by atoms with Gasteiger partial charge in [-0.1, -0.05) is 42.5 Å². The lowest BCUT2D eigenvalue weighted by atomic mass is 9.95. The number of Topliss-reactive ketones (excluding diaryl/α,β-unsaturated/α-hetero) is 1. The molecule has 1 amide bonds. The van der Waals surface area contributed by atoms with Gasteiger partial charge in [0.25, 0.3) is 11.7 Å². The first kappa shape index (κ1) is 25.5. The molecular weight excluding hydrogens is 474 g/mol. The highest BCUT2D eigenvalue weighted by atomic mass is 16.5. The summed E-state index contributed by atoms with van der Waals surface area (Å²) in [6.07, 6.45) is 0. The van der Waals surface area contributed by atoms with E-state index in [4.69, 9.17) is 9.47 Å². The molecule has 0 aliphatic carbocycles. The van der Waals surface area contributed by atoms with Crippen LogP contribution >= 0.6 is 0 Å². The molecule has 0 aromatic heterocycles. The molecule has 1 fully saturated rings. The highest BCUT2D eigenvalue weighted by Crippen LogP contribution is 2.42. The maximum absolute atomic E-state index is 13.3. The van der Waals surface area contributed by atoms with Gasteiger partial charge in [-0.3, -0.25) is 9.59 Å². The normalized spacial score (nSPS) is 16.6. The Labute approximate surface area is 214 Å². The molecule has 8 heteroatoms. The fourth-order valence-corrected chi connectivity index (χ4v) is 4.35. The Bertz CT molecular complexity index is 1350. The third-order valence-corrected chi connectivity index (χ3v) is 6.03. The molecule has 37 heavy (non-hydrogen) atoms. The van der Waals surface area contributed by atoms with Crippen LogP contribution in [0.15, 0.2) is 78.4 Å². The minimum absolute atomic E-state index is 0.0441. The largest absolute Gasteiger partial charge is 0.507 e. The fraction of sp³-hybridized carbons (Fsp3) is 0.207. The Morgan fingerprint density at radius 1 is 0.892 bits per heavy atom. The third-order valence-electron chi connectivity index (χ3n) is 6.03. The van der Waals surface area contributed by atoms with Crippen molar-refractivity contribution in [1.29, 1.82) is 0 Å². The van der Waals surface area contributed by atoms with E-state index in [1.54, 1.807) is 61.5 Å². The Morgan fingerprint density at radius 2 is 1.57 bits per heavy atom. The van der Waals surface area contributed by atoms with Gasteiger partial charge in [-0.2, -0.15) is 0 Å². The predicted octanol–water partition coefficient (Wildman–Crippen LogP) is 4.80. The van der Waals surface area contributed by atoms with Crippen LogP contribution in [0.4, 0.5) is 0 Å². The van der Waals surface area contributed by atoms with Crippen LogP contribution in [0.5, 0.6) is 11.5 Å². The van der Waals surface area contributed by atoms with Crippen molar-refractivity contribution in [3.05, 3.63) is 101 Å². The second kappa shape index (κ2) is 11.0. The SMILES string of the molecule is CCOc1ccc(/C(O)=C2/C(=O)C(=O)N(Cc3ccc(C(=O)O)cc3)C2c2ccccc2)c(OCC)c1. The van der Waals surface area contributed by atoms with Gasteiger partial charge in [-0.05, 0) is 49.2 Å². The number of amides is 1. The molecule has 1 unspecified atom stereocenters. The van der Waals surface area contributed by atoms with E-state index in [0.29, 0.717) is 35.8 Å². The Balaban J connectivity index is 1.82.